The van der Waals surface area contributed by atoms with E-state index in [1.54, 1.807) is 0 Å². The normalized spacial score (nSPS) is 16.7. The number of nitrogens with zero attached hydrogens (tertiary/aromatic N) is 2. The minimum Gasteiger partial charge on any atom is -0.237 e. The Kier molecular flexibility index (Phi) is 12.5. The lowest BCUT2D eigenvalue weighted by molar-refractivity contribution is -0.719. The molecular formula is C22H9F34N2+. The highest BCUT2D eigenvalue weighted by atomic mass is 19.4. The van der Waals surface area contributed by atoms with Gasteiger partial charge in [0.05, 0.1) is 13.0 Å². The average molecular weight is 947 g/mol. The Hall–Kier alpha value is -3.17. The van der Waals surface area contributed by atoms with Crippen LogP contribution in [0.25, 0.3) is 0 Å². The van der Waals surface area contributed by atoms with Crippen molar-refractivity contribution >= 4 is 0 Å². The van der Waals surface area contributed by atoms with Gasteiger partial charge >= 0.3 is 95.3 Å². The second-order valence-electron chi connectivity index (χ2n) is 11.4. The molecule has 0 aliphatic rings. The Labute approximate surface area is 293 Å². The Morgan fingerprint density at radius 2 is 0.552 bits per heavy atom. The number of halogens is 34. The van der Waals surface area contributed by atoms with Crippen LogP contribution >= 0.6 is 0 Å². The van der Waals surface area contributed by atoms with Crippen LogP contribution in [-0.4, -0.2) is 99.8 Å². The van der Waals surface area contributed by atoms with Crippen molar-refractivity contribution in [3.05, 3.63) is 18.7 Å². The summed E-state index contributed by atoms with van der Waals surface area (Å²) in [4.78, 5) is 0. The lowest BCUT2D eigenvalue weighted by Crippen LogP contribution is -2.75. The minimum absolute atomic E-state index is 0.316. The summed E-state index contributed by atoms with van der Waals surface area (Å²) in [5.74, 6) is -120. The van der Waals surface area contributed by atoms with E-state index in [2.05, 4.69) is 0 Å². The van der Waals surface area contributed by atoms with Crippen LogP contribution in [0.15, 0.2) is 18.7 Å². The summed E-state index contributed by atoms with van der Waals surface area (Å²) in [6.45, 7) is -5.97. The molecule has 0 atom stereocenters. The maximum Gasteiger partial charge on any atom is 0.460 e. The molecule has 0 unspecified atom stereocenters. The number of rotatable bonds is 17. The molecule has 0 aromatic carbocycles. The van der Waals surface area contributed by atoms with Gasteiger partial charge in [-0.05, 0) is 0 Å². The summed E-state index contributed by atoms with van der Waals surface area (Å²) in [5, 5.41) is 0. The van der Waals surface area contributed by atoms with Crippen molar-refractivity contribution in [3.63, 3.8) is 0 Å². The van der Waals surface area contributed by atoms with E-state index in [0.717, 1.165) is 0 Å². The van der Waals surface area contributed by atoms with E-state index < -0.39 is 136 Å². The van der Waals surface area contributed by atoms with E-state index in [1.807, 2.05) is 0 Å². The van der Waals surface area contributed by atoms with Crippen LogP contribution in [-0.2, 0) is 13.1 Å². The highest BCUT2D eigenvalue weighted by Crippen LogP contribution is 2.66. The summed E-state index contributed by atoms with van der Waals surface area (Å²) >= 11 is 0. The third-order valence-electron chi connectivity index (χ3n) is 7.39. The van der Waals surface area contributed by atoms with Gasteiger partial charge in [0.15, 0.2) is 6.54 Å². The van der Waals surface area contributed by atoms with Gasteiger partial charge in [-0.2, -0.15) is 149 Å². The SMILES string of the molecule is FC(F)(F)C(F)(F)C(F)(F)C(F)(F)C(F)(F)C(F)(F)C(F)(F)C(F)(F)CCn1cc[n+](CC(F)(F)C(F)(F)C(F)(F)C(F)(F)C(F)(F)C(F)(F)C(F)(F)C(F)(F)F)c1. The fourth-order valence-corrected chi connectivity index (χ4v) is 3.81. The van der Waals surface area contributed by atoms with Gasteiger partial charge in [-0.3, -0.25) is 0 Å². The second kappa shape index (κ2) is 13.7. The van der Waals surface area contributed by atoms with Crippen molar-refractivity contribution in [2.24, 2.45) is 0 Å². The molecule has 36 heteroatoms. The molecule has 0 aliphatic carbocycles. The molecular weight excluding hydrogens is 938 g/mol. The highest BCUT2D eigenvalue weighted by molar-refractivity contribution is 5.16. The van der Waals surface area contributed by atoms with Gasteiger partial charge in [-0.25, -0.2) is 9.13 Å². The van der Waals surface area contributed by atoms with Crippen LogP contribution in [0.2, 0.25) is 0 Å². The Morgan fingerprint density at radius 3 is 0.828 bits per heavy atom. The van der Waals surface area contributed by atoms with Crippen molar-refractivity contribution < 1.29 is 154 Å². The molecule has 0 saturated heterocycles. The lowest BCUT2D eigenvalue weighted by Gasteiger charge is -2.42. The largest absolute Gasteiger partial charge is 0.460 e. The first-order chi connectivity index (χ1) is 24.7. The van der Waals surface area contributed by atoms with Crippen LogP contribution in [0.3, 0.4) is 0 Å². The molecule has 58 heavy (non-hydrogen) atoms. The minimum atomic E-state index is -9.05. The zero-order valence-electron chi connectivity index (χ0n) is 25.6. The standard InChI is InChI=1S/C22H9F34N2/c23-7(24,9(27,28)11(31,32)13(35,36)15(39,40)17(43,44)19(47,48)21(51,52)53)1-2-57-3-4-58(6-57)5-8(25,26)10(29,30)12(33,34)14(37,38)16(41,42)18(45,46)20(49,50)22(54,55)56/h3-4,6H,1-2,5H2/q+1. The molecule has 0 fully saturated rings. The maximum atomic E-state index is 14.2. The number of alkyl halides is 34. The zero-order valence-corrected chi connectivity index (χ0v) is 25.6. The summed E-state index contributed by atoms with van der Waals surface area (Å²) < 4.78 is 453. The van der Waals surface area contributed by atoms with Gasteiger partial charge in [-0.15, -0.1) is 0 Å². The van der Waals surface area contributed by atoms with E-state index in [0.29, 0.717) is 0 Å². The van der Waals surface area contributed by atoms with E-state index in [4.69, 9.17) is 0 Å². The number of hydrogen-bond acceptors (Lipinski definition) is 0. The number of hydrogen-bond donors (Lipinski definition) is 0. The fourth-order valence-electron chi connectivity index (χ4n) is 3.81. The molecule has 1 aromatic rings. The molecule has 0 spiro atoms. The lowest BCUT2D eigenvalue weighted by atomic mass is 9.88. The molecule has 1 heterocycles. The summed E-state index contributed by atoms with van der Waals surface area (Å²) in [6, 6.07) is 0. The predicted octanol–water partition coefficient (Wildman–Crippen LogP) is 11.2. The van der Waals surface area contributed by atoms with Crippen molar-refractivity contribution in [2.45, 2.75) is 115 Å². The van der Waals surface area contributed by atoms with Gasteiger partial charge in [0.1, 0.15) is 12.4 Å². The first-order valence-electron chi connectivity index (χ1n) is 13.1. The van der Waals surface area contributed by atoms with Crippen molar-refractivity contribution in [2.75, 3.05) is 0 Å². The fraction of sp³-hybridized carbons (Fsp3) is 0.864. The van der Waals surface area contributed by atoms with Crippen molar-refractivity contribution in [1.82, 2.24) is 4.57 Å². The molecule has 0 N–H and O–H groups in total. The topological polar surface area (TPSA) is 8.81 Å². The second-order valence-corrected chi connectivity index (χ2v) is 11.4. The van der Waals surface area contributed by atoms with Crippen LogP contribution in [0.5, 0.6) is 0 Å². The van der Waals surface area contributed by atoms with Gasteiger partial charge in [0.25, 0.3) is 0 Å². The third-order valence-corrected chi connectivity index (χ3v) is 7.39. The molecule has 0 aliphatic heterocycles. The third kappa shape index (κ3) is 6.96. The van der Waals surface area contributed by atoms with E-state index in [1.165, 1.54) is 0 Å². The van der Waals surface area contributed by atoms with Crippen LogP contribution in [0.1, 0.15) is 6.42 Å². The van der Waals surface area contributed by atoms with Crippen LogP contribution in [0.4, 0.5) is 149 Å². The highest BCUT2D eigenvalue weighted by Gasteiger charge is 2.97. The van der Waals surface area contributed by atoms with E-state index >= 15 is 0 Å². The predicted molar refractivity (Wildman–Crippen MR) is 111 cm³/mol. The number of aryl methyl sites for hydroxylation is 1. The Morgan fingerprint density at radius 1 is 0.310 bits per heavy atom. The smallest absolute Gasteiger partial charge is 0.237 e. The molecule has 1 rings (SSSR count). The summed E-state index contributed by atoms with van der Waals surface area (Å²) in [7, 11) is 0. The summed E-state index contributed by atoms with van der Waals surface area (Å²) in [6.07, 6.45) is -21.0. The van der Waals surface area contributed by atoms with Gasteiger partial charge < -0.3 is 0 Å². The number of aromatic nitrogens is 2. The van der Waals surface area contributed by atoms with Gasteiger partial charge in [0.2, 0.25) is 6.33 Å². The van der Waals surface area contributed by atoms with Gasteiger partial charge in [0, 0.05) is 0 Å². The Balaban J connectivity index is 3.50. The monoisotopic (exact) mass is 947 g/mol. The first-order valence-corrected chi connectivity index (χ1v) is 13.1. The first kappa shape index (κ1) is 52.8. The Bertz CT molecular complexity index is 1600. The quantitative estimate of drug-likeness (QED) is 0.109. The van der Waals surface area contributed by atoms with E-state index in [9.17, 15) is 149 Å². The van der Waals surface area contributed by atoms with Crippen molar-refractivity contribution in [1.29, 1.82) is 0 Å². The van der Waals surface area contributed by atoms with E-state index in [-0.39, 0.29) is 6.20 Å². The molecule has 0 saturated carbocycles. The number of imidazole rings is 1. The maximum absolute atomic E-state index is 14.2. The van der Waals surface area contributed by atoms with Crippen LogP contribution < -0.4 is 4.57 Å². The van der Waals surface area contributed by atoms with Crippen molar-refractivity contribution in [3.8, 4) is 0 Å². The average Bonchev–Trinajstić information content (AvgIpc) is 3.44. The molecule has 0 bridgehead atoms. The summed E-state index contributed by atoms with van der Waals surface area (Å²) in [5.41, 5.74) is 0. The molecule has 0 radical (unpaired) electrons. The molecule has 344 valence electrons. The van der Waals surface area contributed by atoms with Gasteiger partial charge in [-0.1, -0.05) is 0 Å². The molecule has 0 amide bonds. The molecule has 1 aromatic heterocycles. The zero-order chi connectivity index (χ0) is 47.4. The van der Waals surface area contributed by atoms with Crippen LogP contribution in [0, 0.1) is 0 Å². The molecule has 2 nitrogen and oxygen atoms in total.